The van der Waals surface area contributed by atoms with E-state index in [1.165, 1.54) is 43.4 Å². The number of guanidine groups is 1. The minimum Gasteiger partial charge on any atom is -0.356 e. The summed E-state index contributed by atoms with van der Waals surface area (Å²) in [6, 6.07) is 10.7. The van der Waals surface area contributed by atoms with Crippen molar-refractivity contribution in [1.29, 1.82) is 0 Å². The van der Waals surface area contributed by atoms with Crippen molar-refractivity contribution in [2.45, 2.75) is 32.7 Å². The van der Waals surface area contributed by atoms with Crippen molar-refractivity contribution in [3.63, 3.8) is 0 Å². The SMILES string of the molecule is CCCN1CCC(CNC(=NC)NCCCn2ccc3ccccc32)C1. The van der Waals surface area contributed by atoms with Gasteiger partial charge >= 0.3 is 0 Å². The molecule has 2 aromatic rings. The van der Waals surface area contributed by atoms with Gasteiger partial charge in [0.05, 0.1) is 0 Å². The summed E-state index contributed by atoms with van der Waals surface area (Å²) in [7, 11) is 1.85. The molecule has 0 amide bonds. The molecule has 5 heteroatoms. The highest BCUT2D eigenvalue weighted by molar-refractivity contribution is 5.80. The van der Waals surface area contributed by atoms with Gasteiger partial charge in [-0.2, -0.15) is 0 Å². The van der Waals surface area contributed by atoms with Gasteiger partial charge in [-0.3, -0.25) is 4.99 Å². The number of aliphatic imine (C=N–C) groups is 1. The van der Waals surface area contributed by atoms with Crippen LogP contribution in [-0.2, 0) is 6.54 Å². The second-order valence-electron chi connectivity index (χ2n) is 7.26. The predicted molar refractivity (Wildman–Crippen MR) is 111 cm³/mol. The topological polar surface area (TPSA) is 44.6 Å². The normalized spacial score (nSPS) is 18.5. The molecule has 0 aliphatic carbocycles. The summed E-state index contributed by atoms with van der Waals surface area (Å²) in [5, 5.41) is 8.27. The minimum atomic E-state index is 0.742. The van der Waals surface area contributed by atoms with E-state index in [4.69, 9.17) is 0 Å². The van der Waals surface area contributed by atoms with Crippen LogP contribution in [0.5, 0.6) is 0 Å². The van der Waals surface area contributed by atoms with Crippen LogP contribution in [0.4, 0.5) is 0 Å². The number of rotatable bonds is 8. The maximum atomic E-state index is 4.36. The zero-order valence-corrected chi connectivity index (χ0v) is 16.2. The second kappa shape index (κ2) is 9.62. The third-order valence-corrected chi connectivity index (χ3v) is 5.24. The summed E-state index contributed by atoms with van der Waals surface area (Å²) >= 11 is 0. The number of nitrogens with zero attached hydrogens (tertiary/aromatic N) is 3. The standard InChI is InChI=1S/C21H33N5/c1-3-12-25-14-9-18(17-25)16-24-21(22-2)23-11-6-13-26-15-10-19-7-4-5-8-20(19)26/h4-5,7-8,10,15,18H,3,6,9,11-14,16-17H2,1-2H3,(H2,22,23,24). The molecule has 0 radical (unpaired) electrons. The summed E-state index contributed by atoms with van der Waals surface area (Å²) in [5.74, 6) is 1.67. The van der Waals surface area contributed by atoms with Gasteiger partial charge in [0.2, 0.25) is 0 Å². The fourth-order valence-corrected chi connectivity index (χ4v) is 3.85. The molecule has 1 aromatic heterocycles. The van der Waals surface area contributed by atoms with E-state index >= 15 is 0 Å². The van der Waals surface area contributed by atoms with Gasteiger partial charge in [0.25, 0.3) is 0 Å². The molecule has 1 aromatic carbocycles. The summed E-state index contributed by atoms with van der Waals surface area (Å²) in [5.41, 5.74) is 1.31. The lowest BCUT2D eigenvalue weighted by Crippen LogP contribution is -2.40. The third kappa shape index (κ3) is 5.01. The number of hydrogen-bond acceptors (Lipinski definition) is 2. The third-order valence-electron chi connectivity index (χ3n) is 5.24. The number of benzene rings is 1. The molecular weight excluding hydrogens is 322 g/mol. The molecule has 142 valence electrons. The molecule has 3 rings (SSSR count). The van der Waals surface area contributed by atoms with Gasteiger partial charge in [-0.15, -0.1) is 0 Å². The van der Waals surface area contributed by atoms with Crippen molar-refractivity contribution in [3.8, 4) is 0 Å². The van der Waals surface area contributed by atoms with E-state index in [0.717, 1.165) is 37.9 Å². The van der Waals surface area contributed by atoms with Crippen LogP contribution < -0.4 is 10.6 Å². The molecule has 0 spiro atoms. The Morgan fingerprint density at radius 2 is 2.08 bits per heavy atom. The maximum absolute atomic E-state index is 4.36. The smallest absolute Gasteiger partial charge is 0.190 e. The molecule has 26 heavy (non-hydrogen) atoms. The summed E-state index contributed by atoms with van der Waals surface area (Å²) < 4.78 is 2.33. The fraction of sp³-hybridized carbons (Fsp3) is 0.571. The van der Waals surface area contributed by atoms with E-state index in [-0.39, 0.29) is 0 Å². The number of aromatic nitrogens is 1. The highest BCUT2D eigenvalue weighted by atomic mass is 15.2. The molecule has 1 atom stereocenters. The largest absolute Gasteiger partial charge is 0.356 e. The first-order valence-electron chi connectivity index (χ1n) is 10.0. The molecule has 0 saturated carbocycles. The van der Waals surface area contributed by atoms with Crippen LogP contribution in [0.1, 0.15) is 26.2 Å². The molecule has 2 N–H and O–H groups in total. The first-order chi connectivity index (χ1) is 12.8. The van der Waals surface area contributed by atoms with E-state index in [2.05, 4.69) is 68.5 Å². The fourth-order valence-electron chi connectivity index (χ4n) is 3.85. The lowest BCUT2D eigenvalue weighted by Gasteiger charge is -2.17. The predicted octanol–water partition coefficient (Wildman–Crippen LogP) is 2.93. The number of fused-ring (bicyclic) bond motifs is 1. The Hall–Kier alpha value is -2.01. The Bertz CT molecular complexity index is 705. The van der Waals surface area contributed by atoms with Crippen LogP contribution in [0.2, 0.25) is 0 Å². The molecular formula is C21H33N5. The highest BCUT2D eigenvalue weighted by Crippen LogP contribution is 2.16. The van der Waals surface area contributed by atoms with Crippen LogP contribution in [0.15, 0.2) is 41.5 Å². The molecule has 1 saturated heterocycles. The van der Waals surface area contributed by atoms with Gasteiger partial charge in [0.15, 0.2) is 5.96 Å². The van der Waals surface area contributed by atoms with Crippen molar-refractivity contribution in [3.05, 3.63) is 36.5 Å². The Balaban J connectivity index is 1.35. The van der Waals surface area contributed by atoms with Crippen LogP contribution in [-0.4, -0.2) is 55.2 Å². The van der Waals surface area contributed by atoms with Gasteiger partial charge in [0.1, 0.15) is 0 Å². The van der Waals surface area contributed by atoms with Crippen molar-refractivity contribution in [1.82, 2.24) is 20.1 Å². The Labute approximate surface area is 157 Å². The Kier molecular flexibility index (Phi) is 6.95. The molecule has 2 heterocycles. The molecule has 5 nitrogen and oxygen atoms in total. The van der Waals surface area contributed by atoms with Crippen molar-refractivity contribution in [2.24, 2.45) is 10.9 Å². The molecule has 1 unspecified atom stereocenters. The zero-order valence-electron chi connectivity index (χ0n) is 16.2. The van der Waals surface area contributed by atoms with E-state index in [1.54, 1.807) is 0 Å². The lowest BCUT2D eigenvalue weighted by molar-refractivity contribution is 0.324. The number of para-hydroxylation sites is 1. The van der Waals surface area contributed by atoms with Crippen LogP contribution in [0.25, 0.3) is 10.9 Å². The minimum absolute atomic E-state index is 0.742. The number of aryl methyl sites for hydroxylation is 1. The van der Waals surface area contributed by atoms with Crippen molar-refractivity contribution < 1.29 is 0 Å². The van der Waals surface area contributed by atoms with Gasteiger partial charge in [0, 0.05) is 44.9 Å². The number of nitrogens with one attached hydrogen (secondary N) is 2. The Morgan fingerprint density at radius 1 is 1.19 bits per heavy atom. The van der Waals surface area contributed by atoms with Gasteiger partial charge in [-0.1, -0.05) is 25.1 Å². The maximum Gasteiger partial charge on any atom is 0.190 e. The van der Waals surface area contributed by atoms with Crippen molar-refractivity contribution in [2.75, 3.05) is 39.8 Å². The Morgan fingerprint density at radius 3 is 2.92 bits per heavy atom. The molecule has 0 bridgehead atoms. The van der Waals surface area contributed by atoms with Crippen LogP contribution in [0.3, 0.4) is 0 Å². The second-order valence-corrected chi connectivity index (χ2v) is 7.26. The molecule has 1 aliphatic rings. The van der Waals surface area contributed by atoms with E-state index in [1.807, 2.05) is 7.05 Å². The monoisotopic (exact) mass is 355 g/mol. The van der Waals surface area contributed by atoms with E-state index in [9.17, 15) is 0 Å². The van der Waals surface area contributed by atoms with Gasteiger partial charge < -0.3 is 20.1 Å². The first-order valence-corrected chi connectivity index (χ1v) is 10.0. The molecule has 1 aliphatic heterocycles. The number of likely N-dealkylation sites (tertiary alicyclic amines) is 1. The van der Waals surface area contributed by atoms with Gasteiger partial charge in [-0.25, -0.2) is 0 Å². The van der Waals surface area contributed by atoms with Crippen LogP contribution in [0, 0.1) is 5.92 Å². The average Bonchev–Trinajstić information content (AvgIpc) is 3.28. The quantitative estimate of drug-likeness (QED) is 0.435. The van der Waals surface area contributed by atoms with Gasteiger partial charge in [-0.05, 0) is 55.8 Å². The summed E-state index contributed by atoms with van der Waals surface area (Å²) in [6.07, 6.45) is 5.80. The zero-order chi connectivity index (χ0) is 18.2. The number of hydrogen-bond donors (Lipinski definition) is 2. The van der Waals surface area contributed by atoms with E-state index < -0.39 is 0 Å². The summed E-state index contributed by atoms with van der Waals surface area (Å²) in [6.45, 7) is 8.92. The lowest BCUT2D eigenvalue weighted by atomic mass is 10.1. The van der Waals surface area contributed by atoms with E-state index in [0.29, 0.717) is 0 Å². The molecule has 1 fully saturated rings. The summed E-state index contributed by atoms with van der Waals surface area (Å²) in [4.78, 5) is 6.94. The van der Waals surface area contributed by atoms with Crippen molar-refractivity contribution >= 4 is 16.9 Å². The average molecular weight is 356 g/mol. The van der Waals surface area contributed by atoms with Crippen LogP contribution >= 0.6 is 0 Å². The first kappa shape index (κ1) is 18.8. The highest BCUT2D eigenvalue weighted by Gasteiger charge is 2.21.